The molecule has 0 saturated carbocycles. The molecule has 0 aliphatic carbocycles. The molecule has 0 spiro atoms. The number of nitrogens with one attached hydrogen (secondary N) is 2. The van der Waals surface area contributed by atoms with Crippen LogP contribution < -0.4 is 20.3 Å². The summed E-state index contributed by atoms with van der Waals surface area (Å²) in [5, 5.41) is 26.2. The van der Waals surface area contributed by atoms with Crippen LogP contribution in [0.5, 0.6) is 5.75 Å². The molecule has 1 amide bonds. The minimum Gasteiger partial charge on any atom is -0.496 e. The summed E-state index contributed by atoms with van der Waals surface area (Å²) in [5.74, 6) is 1.52. The number of carbonyl (C=O) groups is 1. The average molecular weight is 525 g/mol. The number of furan rings is 1. The molecular formula is C26H28N4O6S. The summed E-state index contributed by atoms with van der Waals surface area (Å²) >= 11 is 5.36. The Balaban J connectivity index is 1.51. The van der Waals surface area contributed by atoms with Crippen molar-refractivity contribution in [3.63, 3.8) is 0 Å². The van der Waals surface area contributed by atoms with E-state index in [1.54, 1.807) is 36.4 Å². The predicted octanol–water partition coefficient (Wildman–Crippen LogP) is 4.72. The van der Waals surface area contributed by atoms with E-state index in [0.717, 1.165) is 25.9 Å². The fraction of sp³-hybridized carbons (Fsp3) is 0.308. The molecule has 11 heteroatoms. The van der Waals surface area contributed by atoms with E-state index in [1.807, 2.05) is 0 Å². The van der Waals surface area contributed by atoms with Gasteiger partial charge in [-0.25, -0.2) is 0 Å². The van der Waals surface area contributed by atoms with Gasteiger partial charge in [-0.3, -0.25) is 20.2 Å². The van der Waals surface area contributed by atoms with Crippen molar-refractivity contribution in [3.05, 3.63) is 70.0 Å². The maximum Gasteiger partial charge on any atom is 0.270 e. The summed E-state index contributed by atoms with van der Waals surface area (Å²) in [5.41, 5.74) is 1.91. The summed E-state index contributed by atoms with van der Waals surface area (Å²) in [6.07, 6.45) is 1.96. The van der Waals surface area contributed by atoms with Crippen LogP contribution in [-0.2, 0) is 6.61 Å². The van der Waals surface area contributed by atoms with Crippen LogP contribution in [0.25, 0.3) is 11.3 Å². The minimum atomic E-state index is -0.537. The lowest BCUT2D eigenvalue weighted by molar-refractivity contribution is -0.384. The Morgan fingerprint density at radius 1 is 1.22 bits per heavy atom. The van der Waals surface area contributed by atoms with Gasteiger partial charge in [0.25, 0.3) is 11.6 Å². The van der Waals surface area contributed by atoms with Crippen LogP contribution in [0.15, 0.2) is 52.9 Å². The number of methoxy groups -OCH3 is 1. The molecule has 10 nitrogen and oxygen atoms in total. The lowest BCUT2D eigenvalue weighted by atomic mass is 9.98. The van der Waals surface area contributed by atoms with Gasteiger partial charge in [0.05, 0.1) is 28.8 Å². The number of non-ortho nitro benzene ring substituents is 1. The van der Waals surface area contributed by atoms with E-state index in [9.17, 15) is 20.0 Å². The zero-order valence-electron chi connectivity index (χ0n) is 20.5. The molecule has 0 unspecified atom stereocenters. The third kappa shape index (κ3) is 6.07. The number of nitrogens with zero attached hydrogens (tertiary/aromatic N) is 2. The van der Waals surface area contributed by atoms with Crippen LogP contribution in [0.2, 0.25) is 0 Å². The number of aliphatic hydroxyl groups excluding tert-OH is 1. The highest BCUT2D eigenvalue weighted by molar-refractivity contribution is 7.80. The SMILES string of the molecule is COc1cc(NC(=S)NC(=O)c2cc([N+](=O)[O-])ccc2N2CCC(C)CC2)ccc1-c1ccc(CO)o1. The number of thiocarbonyl (C=S) groups is 1. The van der Waals surface area contributed by atoms with Gasteiger partial charge in [0.2, 0.25) is 0 Å². The molecule has 37 heavy (non-hydrogen) atoms. The Bertz CT molecular complexity index is 1320. The van der Waals surface area contributed by atoms with E-state index >= 15 is 0 Å². The molecule has 1 fully saturated rings. The maximum atomic E-state index is 13.2. The number of carbonyl (C=O) groups excluding carboxylic acids is 1. The molecule has 1 aliphatic heterocycles. The number of nitro benzene ring substituents is 1. The standard InChI is InChI=1S/C26H28N4O6S/c1-16-9-11-29(12-10-16)22-7-4-18(30(33)34)14-21(22)25(32)28-26(37)27-17-3-6-20(24(13-17)35-2)23-8-5-19(15-31)36-23/h3-8,13-14,16,31H,9-12,15H2,1-2H3,(H2,27,28,32,37). The van der Waals surface area contributed by atoms with Crippen molar-refractivity contribution in [3.8, 4) is 17.1 Å². The Morgan fingerprint density at radius 3 is 2.62 bits per heavy atom. The lowest BCUT2D eigenvalue weighted by Crippen LogP contribution is -2.37. The molecule has 2 heterocycles. The second-order valence-electron chi connectivity index (χ2n) is 8.88. The largest absolute Gasteiger partial charge is 0.496 e. The molecule has 1 saturated heterocycles. The molecule has 1 aliphatic rings. The highest BCUT2D eigenvalue weighted by atomic mass is 32.1. The Hall–Kier alpha value is -3.96. The van der Waals surface area contributed by atoms with Crippen molar-refractivity contribution in [2.75, 3.05) is 30.4 Å². The number of piperidine rings is 1. The molecule has 3 aromatic rings. The number of rotatable bonds is 7. The first-order valence-electron chi connectivity index (χ1n) is 11.8. The van der Waals surface area contributed by atoms with E-state index < -0.39 is 10.8 Å². The zero-order chi connectivity index (χ0) is 26.5. The van der Waals surface area contributed by atoms with Gasteiger partial charge in [0.1, 0.15) is 23.9 Å². The molecule has 1 aromatic heterocycles. The lowest BCUT2D eigenvalue weighted by Gasteiger charge is -2.33. The third-order valence-corrected chi connectivity index (χ3v) is 6.53. The van der Waals surface area contributed by atoms with Gasteiger partial charge in [-0.1, -0.05) is 6.92 Å². The summed E-state index contributed by atoms with van der Waals surface area (Å²) < 4.78 is 11.1. The first-order chi connectivity index (χ1) is 17.8. The predicted molar refractivity (Wildman–Crippen MR) is 144 cm³/mol. The number of aliphatic hydroxyl groups is 1. The fourth-order valence-electron chi connectivity index (χ4n) is 4.26. The smallest absolute Gasteiger partial charge is 0.270 e. The summed E-state index contributed by atoms with van der Waals surface area (Å²) in [6.45, 7) is 3.51. The van der Waals surface area contributed by atoms with Crippen molar-refractivity contribution in [1.29, 1.82) is 0 Å². The summed E-state index contributed by atoms with van der Waals surface area (Å²) in [7, 11) is 1.52. The van der Waals surface area contributed by atoms with Crippen molar-refractivity contribution in [2.24, 2.45) is 5.92 Å². The molecule has 2 aromatic carbocycles. The zero-order valence-corrected chi connectivity index (χ0v) is 21.3. The van der Waals surface area contributed by atoms with E-state index in [-0.39, 0.29) is 23.0 Å². The fourth-order valence-corrected chi connectivity index (χ4v) is 4.47. The molecule has 0 bridgehead atoms. The number of hydrogen-bond donors (Lipinski definition) is 3. The molecule has 194 valence electrons. The molecule has 4 rings (SSSR count). The number of ether oxygens (including phenoxy) is 1. The molecule has 0 atom stereocenters. The van der Waals surface area contributed by atoms with E-state index in [1.165, 1.54) is 19.2 Å². The second-order valence-corrected chi connectivity index (χ2v) is 9.28. The summed E-state index contributed by atoms with van der Waals surface area (Å²) in [4.78, 5) is 26.1. The summed E-state index contributed by atoms with van der Waals surface area (Å²) in [6, 6.07) is 12.9. The quantitative estimate of drug-likeness (QED) is 0.228. The topological polar surface area (TPSA) is 130 Å². The average Bonchev–Trinajstić information content (AvgIpc) is 3.37. The van der Waals surface area contributed by atoms with Crippen molar-refractivity contribution in [1.82, 2.24) is 5.32 Å². The van der Waals surface area contributed by atoms with Crippen LogP contribution in [0.3, 0.4) is 0 Å². The number of nitro groups is 1. The van der Waals surface area contributed by atoms with Gasteiger partial charge < -0.3 is 24.5 Å². The number of anilines is 2. The third-order valence-electron chi connectivity index (χ3n) is 6.33. The van der Waals surface area contributed by atoms with Crippen LogP contribution in [-0.4, -0.2) is 41.2 Å². The number of amides is 1. The van der Waals surface area contributed by atoms with Crippen LogP contribution in [0, 0.1) is 16.0 Å². The van der Waals surface area contributed by atoms with Crippen molar-refractivity contribution >= 4 is 40.3 Å². The van der Waals surface area contributed by atoms with Gasteiger partial charge in [0.15, 0.2) is 5.11 Å². The van der Waals surface area contributed by atoms with Gasteiger partial charge in [-0.15, -0.1) is 0 Å². The first kappa shape index (κ1) is 26.1. The van der Waals surface area contributed by atoms with Gasteiger partial charge in [0, 0.05) is 37.0 Å². The monoisotopic (exact) mass is 524 g/mol. The van der Waals surface area contributed by atoms with E-state index in [4.69, 9.17) is 21.4 Å². The number of hydrogen-bond acceptors (Lipinski definition) is 8. The Labute approximate surface area is 219 Å². The van der Waals surface area contributed by atoms with Gasteiger partial charge in [-0.05, 0) is 61.3 Å². The normalized spacial score (nSPS) is 13.8. The Morgan fingerprint density at radius 2 is 1.97 bits per heavy atom. The Kier molecular flexibility index (Phi) is 8.04. The molecule has 3 N–H and O–H groups in total. The maximum absolute atomic E-state index is 13.2. The van der Waals surface area contributed by atoms with Gasteiger partial charge >= 0.3 is 0 Å². The van der Waals surface area contributed by atoms with Crippen LogP contribution in [0.1, 0.15) is 35.9 Å². The highest BCUT2D eigenvalue weighted by Crippen LogP contribution is 2.34. The number of benzene rings is 2. The van der Waals surface area contributed by atoms with Crippen molar-refractivity contribution in [2.45, 2.75) is 26.4 Å². The van der Waals surface area contributed by atoms with Crippen LogP contribution >= 0.6 is 12.2 Å². The molecular weight excluding hydrogens is 496 g/mol. The minimum absolute atomic E-state index is 0.0325. The van der Waals surface area contributed by atoms with E-state index in [2.05, 4.69) is 22.5 Å². The van der Waals surface area contributed by atoms with Crippen LogP contribution in [0.4, 0.5) is 17.1 Å². The first-order valence-corrected chi connectivity index (χ1v) is 12.2. The van der Waals surface area contributed by atoms with Gasteiger partial charge in [-0.2, -0.15) is 0 Å². The van der Waals surface area contributed by atoms with Crippen molar-refractivity contribution < 1.29 is 24.0 Å². The second kappa shape index (κ2) is 11.4. The molecule has 0 radical (unpaired) electrons. The van der Waals surface area contributed by atoms with E-state index in [0.29, 0.717) is 40.1 Å². The highest BCUT2D eigenvalue weighted by Gasteiger charge is 2.24.